The van der Waals surface area contributed by atoms with Gasteiger partial charge in [-0.25, -0.2) is 9.59 Å². The topological polar surface area (TPSA) is 226 Å². The van der Waals surface area contributed by atoms with E-state index in [-0.39, 0.29) is 40.3 Å². The molecule has 1 unspecified atom stereocenters. The van der Waals surface area contributed by atoms with Gasteiger partial charge in [-0.15, -0.1) is 11.8 Å². The number of rotatable bonds is 12. The van der Waals surface area contributed by atoms with Crippen LogP contribution in [0.5, 0.6) is 11.5 Å². The highest BCUT2D eigenvalue weighted by molar-refractivity contribution is 8.00. The molecule has 0 bridgehead atoms. The summed E-state index contributed by atoms with van der Waals surface area (Å²) >= 11 is 2.13. The van der Waals surface area contributed by atoms with Crippen molar-refractivity contribution in [2.24, 2.45) is 11.1 Å². The van der Waals surface area contributed by atoms with E-state index in [2.05, 4.69) is 21.6 Å². The SMILES string of the molecule is CC(C)(O/N=C(\C(=O)C[C@@H]1C(=O)N2C(C(=O)O)=C(/C=C/c3ccc(C[N+]4(C)CCc5cc(O)c(O)cc5C4)cc3)CS[C@H]12)c1nsc(N)n1)C(=O)O. The van der Waals surface area contributed by atoms with E-state index < -0.39 is 46.2 Å². The fourth-order valence-electron chi connectivity index (χ4n) is 6.38. The van der Waals surface area contributed by atoms with Crippen LogP contribution in [0.4, 0.5) is 5.13 Å². The van der Waals surface area contributed by atoms with Gasteiger partial charge in [0.2, 0.25) is 17.3 Å². The number of phenols is 2. The van der Waals surface area contributed by atoms with E-state index in [1.165, 1.54) is 30.5 Å². The minimum Gasteiger partial charge on any atom is -0.504 e. The first-order chi connectivity index (χ1) is 24.5. The van der Waals surface area contributed by atoms with Crippen LogP contribution in [0.25, 0.3) is 6.08 Å². The van der Waals surface area contributed by atoms with Gasteiger partial charge < -0.3 is 35.5 Å². The predicted molar refractivity (Wildman–Crippen MR) is 192 cm³/mol. The molecule has 1 amide bonds. The summed E-state index contributed by atoms with van der Waals surface area (Å²) in [6.45, 7) is 4.84. The Kier molecular flexibility index (Phi) is 9.87. The van der Waals surface area contributed by atoms with Crippen LogP contribution in [0.1, 0.15) is 48.3 Å². The highest BCUT2D eigenvalue weighted by Gasteiger charge is 2.54. The molecule has 3 aliphatic heterocycles. The third-order valence-corrected chi connectivity index (χ3v) is 11.2. The van der Waals surface area contributed by atoms with Gasteiger partial charge in [0.05, 0.1) is 24.9 Å². The zero-order valence-corrected chi connectivity index (χ0v) is 30.1. The Labute approximate surface area is 306 Å². The van der Waals surface area contributed by atoms with Crippen molar-refractivity contribution >= 4 is 63.8 Å². The number of β-lactam (4-membered cyclic amide) rings is 1. The monoisotopic (exact) mass is 749 g/mol. The number of likely N-dealkylation sites (N-methyl/N-ethyl adjacent to an activating group) is 1. The van der Waals surface area contributed by atoms with Gasteiger partial charge in [-0.1, -0.05) is 41.6 Å². The van der Waals surface area contributed by atoms with Gasteiger partial charge in [0.15, 0.2) is 28.1 Å². The number of amides is 1. The third-order valence-electron chi connectivity index (χ3n) is 9.30. The van der Waals surface area contributed by atoms with Crippen molar-refractivity contribution in [2.45, 2.75) is 50.8 Å². The van der Waals surface area contributed by atoms with E-state index in [0.29, 0.717) is 12.1 Å². The zero-order chi connectivity index (χ0) is 37.5. The lowest BCUT2D eigenvalue weighted by Crippen LogP contribution is -2.62. The number of oxime groups is 1. The Balaban J connectivity index is 1.13. The molecule has 3 atom stereocenters. The lowest BCUT2D eigenvalue weighted by atomic mass is 9.89. The Morgan fingerprint density at radius 3 is 2.44 bits per heavy atom. The van der Waals surface area contributed by atoms with Gasteiger partial charge in [0.1, 0.15) is 18.8 Å². The van der Waals surface area contributed by atoms with Crippen molar-refractivity contribution in [2.75, 3.05) is 25.1 Å². The summed E-state index contributed by atoms with van der Waals surface area (Å²) in [4.78, 5) is 61.0. The van der Waals surface area contributed by atoms with Gasteiger partial charge in [-0.2, -0.15) is 9.36 Å². The van der Waals surface area contributed by atoms with Crippen LogP contribution in [-0.2, 0) is 43.5 Å². The number of anilines is 1. The number of quaternary nitrogens is 1. The molecule has 272 valence electrons. The molecule has 0 spiro atoms. The van der Waals surface area contributed by atoms with E-state index in [9.17, 15) is 39.6 Å². The van der Waals surface area contributed by atoms with Crippen molar-refractivity contribution in [3.8, 4) is 11.5 Å². The van der Waals surface area contributed by atoms with Crippen LogP contribution in [0.2, 0.25) is 0 Å². The van der Waals surface area contributed by atoms with E-state index in [1.54, 1.807) is 24.3 Å². The van der Waals surface area contributed by atoms with Gasteiger partial charge in [-0.3, -0.25) is 14.5 Å². The average Bonchev–Trinajstić information content (AvgIpc) is 3.52. The number of benzene rings is 2. The van der Waals surface area contributed by atoms with Crippen LogP contribution in [-0.4, -0.2) is 98.8 Å². The number of hydrogen-bond acceptors (Lipinski definition) is 13. The first-order valence-electron chi connectivity index (χ1n) is 16.2. The minimum absolute atomic E-state index is 0.0414. The number of nitrogen functional groups attached to an aromatic ring is 1. The number of allylic oxidation sites excluding steroid dienone is 1. The lowest BCUT2D eigenvalue weighted by Gasteiger charge is -2.49. The highest BCUT2D eigenvalue weighted by Crippen LogP contribution is 2.45. The molecule has 52 heavy (non-hydrogen) atoms. The number of aromatic nitrogens is 2. The van der Waals surface area contributed by atoms with Crippen LogP contribution < -0.4 is 5.73 Å². The number of aliphatic carboxylic acids is 2. The molecular weight excluding hydrogens is 713 g/mol. The molecular formula is C35H37N6O9S2+. The summed E-state index contributed by atoms with van der Waals surface area (Å²) in [6.07, 6.45) is 3.91. The summed E-state index contributed by atoms with van der Waals surface area (Å²) in [5.41, 5.74) is 7.82. The van der Waals surface area contributed by atoms with E-state index in [1.807, 2.05) is 24.3 Å². The quantitative estimate of drug-likeness (QED) is 0.0590. The van der Waals surface area contributed by atoms with Gasteiger partial charge in [-0.05, 0) is 42.7 Å². The molecule has 1 fully saturated rings. The normalized spacial score (nSPS) is 21.8. The molecule has 0 radical (unpaired) electrons. The average molecular weight is 750 g/mol. The Hall–Kier alpha value is -5.26. The molecule has 1 saturated heterocycles. The Morgan fingerprint density at radius 2 is 1.81 bits per heavy atom. The van der Waals surface area contributed by atoms with Gasteiger partial charge in [0, 0.05) is 41.3 Å². The molecule has 15 nitrogen and oxygen atoms in total. The highest BCUT2D eigenvalue weighted by atomic mass is 32.2. The van der Waals surface area contributed by atoms with Crippen molar-refractivity contribution in [1.29, 1.82) is 0 Å². The maximum Gasteiger partial charge on any atom is 0.352 e. The van der Waals surface area contributed by atoms with E-state index in [0.717, 1.165) is 57.8 Å². The Morgan fingerprint density at radius 1 is 1.12 bits per heavy atom. The summed E-state index contributed by atoms with van der Waals surface area (Å²) < 4.78 is 4.72. The summed E-state index contributed by atoms with van der Waals surface area (Å²) in [7, 11) is 2.16. The summed E-state index contributed by atoms with van der Waals surface area (Å²) in [5, 5.41) is 42.6. The number of carboxylic acid groups (broad SMARTS) is 2. The largest absolute Gasteiger partial charge is 0.504 e. The first kappa shape index (κ1) is 36.5. The molecule has 3 aliphatic rings. The number of carboxylic acids is 2. The molecule has 6 rings (SSSR count). The number of Topliss-reactive ketones (excluding diaryl/α,β-unsaturated/α-hetero) is 1. The van der Waals surface area contributed by atoms with Crippen LogP contribution in [0.15, 0.2) is 58.9 Å². The van der Waals surface area contributed by atoms with Crippen molar-refractivity contribution in [3.63, 3.8) is 0 Å². The number of thioether (sulfide) groups is 1. The fraction of sp³-hybridized carbons (Fsp3) is 0.343. The molecule has 17 heteroatoms. The predicted octanol–water partition coefficient (Wildman–Crippen LogP) is 3.36. The smallest absolute Gasteiger partial charge is 0.352 e. The number of aromatic hydroxyl groups is 2. The molecule has 6 N–H and O–H groups in total. The number of hydrogen-bond donors (Lipinski definition) is 5. The number of nitrogens with zero attached hydrogens (tertiary/aromatic N) is 5. The van der Waals surface area contributed by atoms with Gasteiger partial charge in [0.25, 0.3) is 0 Å². The van der Waals surface area contributed by atoms with Crippen molar-refractivity contribution in [1.82, 2.24) is 14.3 Å². The molecule has 4 heterocycles. The van der Waals surface area contributed by atoms with Crippen LogP contribution in [0.3, 0.4) is 0 Å². The number of ketones is 1. The maximum absolute atomic E-state index is 13.4. The molecule has 0 saturated carbocycles. The van der Waals surface area contributed by atoms with Crippen molar-refractivity contribution < 1.29 is 48.9 Å². The number of fused-ring (bicyclic) bond motifs is 2. The number of carbonyl (C=O) groups is 4. The van der Waals surface area contributed by atoms with E-state index >= 15 is 0 Å². The summed E-state index contributed by atoms with van der Waals surface area (Å²) in [6, 6.07) is 11.2. The second kappa shape index (κ2) is 14.0. The van der Waals surface area contributed by atoms with Crippen molar-refractivity contribution in [3.05, 3.63) is 81.8 Å². The zero-order valence-electron chi connectivity index (χ0n) is 28.5. The standard InChI is InChI=1S/C35H36N6O9S2/c1-35(2,33(48)49)50-38-27(29-37-34(36)52-39-29)26(44)14-23-30(45)40-28(32(46)47)21(17-51-31(23)40)9-8-18-4-6-19(7-5-18)15-41(3)11-10-20-12-24(42)25(43)13-22(20)16-41/h4-9,12-13,23,31H,10-11,14-17H2,1-3H3,(H5-,36,37,38,39,42,43,44,46,47,48,49)/p+1/b9-8+/t23-,31-,41?/m1/s1. The third kappa shape index (κ3) is 7.37. The lowest BCUT2D eigenvalue weighted by molar-refractivity contribution is -0.937. The molecule has 0 aliphatic carbocycles. The van der Waals surface area contributed by atoms with E-state index in [4.69, 9.17) is 10.6 Å². The fourth-order valence-corrected chi connectivity index (χ4v) is 8.20. The second-order valence-corrected chi connectivity index (χ2v) is 15.6. The maximum atomic E-state index is 13.4. The van der Waals surface area contributed by atoms with Crippen LogP contribution in [0, 0.1) is 5.92 Å². The second-order valence-electron chi connectivity index (χ2n) is 13.7. The van der Waals surface area contributed by atoms with Crippen LogP contribution >= 0.6 is 23.3 Å². The Bertz CT molecular complexity index is 2060. The molecule has 1 aromatic heterocycles. The minimum atomic E-state index is -1.78. The molecule has 3 aromatic rings. The first-order valence-corrected chi connectivity index (χ1v) is 18.1. The number of phenolic OH excluding ortho intramolecular Hbond substituents is 2. The van der Waals surface area contributed by atoms with Gasteiger partial charge >= 0.3 is 11.9 Å². The number of carbonyl (C=O) groups excluding carboxylic acids is 2. The summed E-state index contributed by atoms with van der Waals surface area (Å²) in [5.74, 6) is -4.80. The molecule has 2 aromatic carbocycles. The number of nitrogens with two attached hydrogens (primary N) is 1.